The number of aliphatic hydroxyl groups is 2. The lowest BCUT2D eigenvalue weighted by Crippen LogP contribution is -3.01. The van der Waals surface area contributed by atoms with Crippen LogP contribution in [0.2, 0.25) is 0 Å². The molecule has 0 radical (unpaired) electrons. The molecule has 0 heterocycles. The Balaban J connectivity index is 1.70. The summed E-state index contributed by atoms with van der Waals surface area (Å²) in [6, 6.07) is 0. The summed E-state index contributed by atoms with van der Waals surface area (Å²) in [6.45, 7) is 0.822. The Kier molecular flexibility index (Phi) is 0.825. The van der Waals surface area contributed by atoms with Crippen LogP contribution in [0.15, 0.2) is 0 Å². The molecule has 2 nitrogen and oxygen atoms in total. The van der Waals surface area contributed by atoms with Gasteiger partial charge in [0.2, 0.25) is 0 Å². The minimum atomic E-state index is 0.324. The number of hydrogen-bond acceptors (Lipinski definition) is 2. The van der Waals surface area contributed by atoms with Crippen LogP contribution in [-0.2, 0) is 0 Å². The number of fused-ring (bicyclic) bond motifs is 1. The smallest absolute Gasteiger partial charge is 0.0496 e. The molecule has 6 aliphatic rings. The third kappa shape index (κ3) is 0.317. The summed E-state index contributed by atoms with van der Waals surface area (Å²) in [5.41, 5.74) is 0.667. The van der Waals surface area contributed by atoms with Crippen LogP contribution in [0.5, 0.6) is 0 Å². The second kappa shape index (κ2) is 1.60. The summed E-state index contributed by atoms with van der Waals surface area (Å²) in [5, 5.41) is 19.2. The van der Waals surface area contributed by atoms with Crippen LogP contribution < -0.4 is 0 Å². The predicted molar refractivity (Wildman–Crippen MR) is 49.2 cm³/mol. The van der Waals surface area contributed by atoms with Gasteiger partial charge in [-0.3, -0.25) is 0 Å². The summed E-state index contributed by atoms with van der Waals surface area (Å²) in [6.07, 6.45) is 2.77. The van der Waals surface area contributed by atoms with Gasteiger partial charge in [0, 0.05) is 24.0 Å². The van der Waals surface area contributed by atoms with Gasteiger partial charge < -0.3 is 10.2 Å². The largest absolute Gasteiger partial charge is 0.396 e. The Hall–Kier alpha value is -0.0800. The fourth-order valence-electron chi connectivity index (χ4n) is 7.42. The minimum absolute atomic E-state index is 0.324. The van der Waals surface area contributed by atoms with Crippen molar-refractivity contribution in [3.05, 3.63) is 0 Å². The van der Waals surface area contributed by atoms with E-state index in [1.54, 1.807) is 0 Å². The lowest BCUT2D eigenvalue weighted by Gasteiger charge is -3.02. The van der Waals surface area contributed by atoms with Crippen LogP contribution in [0, 0.1) is 46.3 Å². The third-order valence-electron chi connectivity index (χ3n) is 7.14. The van der Waals surface area contributed by atoms with Crippen LogP contribution in [0.3, 0.4) is 0 Å². The monoisotopic (exact) mass is 192 g/mol. The summed E-state index contributed by atoms with van der Waals surface area (Å²) < 4.78 is 0. The first-order valence-corrected chi connectivity index (χ1v) is 6.05. The number of hydrogen-bond donors (Lipinski definition) is 2. The molecule has 6 fully saturated rings. The summed E-state index contributed by atoms with van der Waals surface area (Å²) in [7, 11) is 0. The maximum Gasteiger partial charge on any atom is 0.0496 e. The molecule has 0 aromatic heterocycles. The molecule has 0 saturated heterocycles. The van der Waals surface area contributed by atoms with Crippen molar-refractivity contribution in [1.29, 1.82) is 0 Å². The van der Waals surface area contributed by atoms with Crippen LogP contribution in [-0.4, -0.2) is 23.4 Å². The van der Waals surface area contributed by atoms with Crippen molar-refractivity contribution in [1.82, 2.24) is 0 Å². The molecule has 76 valence electrons. The van der Waals surface area contributed by atoms with Crippen molar-refractivity contribution in [2.24, 2.45) is 46.3 Å². The van der Waals surface area contributed by atoms with E-state index in [0.717, 1.165) is 35.5 Å². The van der Waals surface area contributed by atoms with Crippen molar-refractivity contribution in [3.8, 4) is 0 Å². The van der Waals surface area contributed by atoms with E-state index in [4.69, 9.17) is 0 Å². The highest BCUT2D eigenvalue weighted by Crippen LogP contribution is 3.01. The highest BCUT2D eigenvalue weighted by molar-refractivity contribution is 5.46. The molecule has 0 aliphatic heterocycles. The zero-order valence-electron chi connectivity index (χ0n) is 8.19. The Bertz CT molecular complexity index is 350. The standard InChI is InChI=1S/C12H16O2/c13-3-11-6-2-1-5-8-7(6)10(11)12(8,4-14)9(5)11/h5-10,13-14H,1-4H2. The molecule has 2 heteroatoms. The SMILES string of the molecule is OCC12C3CCC4C5C3C1C5(CO)C42. The van der Waals surface area contributed by atoms with Crippen molar-refractivity contribution in [3.63, 3.8) is 0 Å². The molecule has 14 heavy (non-hydrogen) atoms. The Morgan fingerprint density at radius 2 is 1.79 bits per heavy atom. The lowest BCUT2D eigenvalue weighted by atomic mass is 9.02. The van der Waals surface area contributed by atoms with Gasteiger partial charge in [-0.1, -0.05) is 0 Å². The van der Waals surface area contributed by atoms with Crippen LogP contribution in [0.25, 0.3) is 0 Å². The van der Waals surface area contributed by atoms with Crippen molar-refractivity contribution in [2.45, 2.75) is 12.8 Å². The fraction of sp³-hybridized carbons (Fsp3) is 1.00. The predicted octanol–water partition coefficient (Wildman–Crippen LogP) is 0.489. The van der Waals surface area contributed by atoms with E-state index in [9.17, 15) is 10.2 Å². The maximum atomic E-state index is 9.65. The third-order valence-corrected chi connectivity index (χ3v) is 7.14. The first-order chi connectivity index (χ1) is 6.84. The molecule has 0 spiro atoms. The molecule has 2 N–H and O–H groups in total. The normalized spacial score (nSPS) is 79.3. The number of rotatable bonds is 2. The van der Waals surface area contributed by atoms with E-state index in [-0.39, 0.29) is 0 Å². The van der Waals surface area contributed by atoms with Gasteiger partial charge in [-0.05, 0) is 48.3 Å². The van der Waals surface area contributed by atoms with Crippen LogP contribution in [0.1, 0.15) is 12.8 Å². The van der Waals surface area contributed by atoms with Gasteiger partial charge in [0.25, 0.3) is 0 Å². The molecule has 0 aromatic rings. The summed E-state index contributed by atoms with van der Waals surface area (Å²) >= 11 is 0. The lowest BCUT2D eigenvalue weighted by molar-refractivity contribution is -0.570. The van der Waals surface area contributed by atoms with Crippen molar-refractivity contribution in [2.75, 3.05) is 13.2 Å². The zero-order chi connectivity index (χ0) is 9.29. The molecule has 0 aromatic carbocycles. The first kappa shape index (κ1) is 7.24. The van der Waals surface area contributed by atoms with Crippen LogP contribution in [0.4, 0.5) is 0 Å². The molecule has 8 unspecified atom stereocenters. The average Bonchev–Trinajstić information content (AvgIpc) is 2.17. The van der Waals surface area contributed by atoms with E-state index in [0.29, 0.717) is 24.0 Å². The van der Waals surface area contributed by atoms with E-state index < -0.39 is 0 Å². The highest BCUT2D eigenvalue weighted by Gasteiger charge is 3.00. The first-order valence-electron chi connectivity index (χ1n) is 6.05. The van der Waals surface area contributed by atoms with Crippen molar-refractivity contribution < 1.29 is 10.2 Å². The molecule has 6 aliphatic carbocycles. The van der Waals surface area contributed by atoms with Gasteiger partial charge in [-0.2, -0.15) is 0 Å². The molecule has 6 rings (SSSR count). The quantitative estimate of drug-likeness (QED) is 0.668. The Labute approximate surface area is 83.3 Å². The Morgan fingerprint density at radius 1 is 1.00 bits per heavy atom. The highest BCUT2D eigenvalue weighted by atomic mass is 16.3. The molecule has 2 bridgehead atoms. The van der Waals surface area contributed by atoms with Gasteiger partial charge in [-0.15, -0.1) is 0 Å². The number of aliphatic hydroxyl groups excluding tert-OH is 2. The molecule has 6 saturated carbocycles. The molecular weight excluding hydrogens is 176 g/mol. The second-order valence-corrected chi connectivity index (χ2v) is 6.45. The van der Waals surface area contributed by atoms with E-state index in [1.165, 1.54) is 12.8 Å². The topological polar surface area (TPSA) is 40.5 Å². The zero-order valence-corrected chi connectivity index (χ0v) is 8.19. The summed E-state index contributed by atoms with van der Waals surface area (Å²) in [4.78, 5) is 0. The van der Waals surface area contributed by atoms with Crippen molar-refractivity contribution >= 4 is 0 Å². The van der Waals surface area contributed by atoms with E-state index in [1.807, 2.05) is 0 Å². The van der Waals surface area contributed by atoms with E-state index in [2.05, 4.69) is 0 Å². The maximum absolute atomic E-state index is 9.65. The Morgan fingerprint density at radius 3 is 2.43 bits per heavy atom. The van der Waals surface area contributed by atoms with Gasteiger partial charge in [-0.25, -0.2) is 0 Å². The summed E-state index contributed by atoms with van der Waals surface area (Å²) in [5.74, 6) is 5.03. The fourth-order valence-corrected chi connectivity index (χ4v) is 7.42. The van der Waals surface area contributed by atoms with Gasteiger partial charge >= 0.3 is 0 Å². The van der Waals surface area contributed by atoms with Crippen LogP contribution >= 0.6 is 0 Å². The van der Waals surface area contributed by atoms with E-state index >= 15 is 0 Å². The molecule has 0 amide bonds. The molecule has 8 atom stereocenters. The minimum Gasteiger partial charge on any atom is -0.396 e. The van der Waals surface area contributed by atoms with Gasteiger partial charge in [0.05, 0.1) is 0 Å². The second-order valence-electron chi connectivity index (χ2n) is 6.45. The average molecular weight is 192 g/mol. The van der Waals surface area contributed by atoms with Gasteiger partial charge in [0.1, 0.15) is 0 Å². The van der Waals surface area contributed by atoms with Gasteiger partial charge in [0.15, 0.2) is 0 Å². The molecular formula is C12H16O2.